The first-order valence-electron chi connectivity index (χ1n) is 7.98. The zero-order valence-corrected chi connectivity index (χ0v) is 16.0. The molecule has 1 aromatic carbocycles. The van der Waals surface area contributed by atoms with Gasteiger partial charge in [-0.2, -0.15) is 13.2 Å². The van der Waals surface area contributed by atoms with Crippen LogP contribution in [0.1, 0.15) is 10.5 Å². The largest absolute Gasteiger partial charge is 0.490 e. The van der Waals surface area contributed by atoms with Gasteiger partial charge >= 0.3 is 18.1 Å². The quantitative estimate of drug-likeness (QED) is 0.524. The zero-order chi connectivity index (χ0) is 22.7. The number of halogens is 4. The number of aromatic nitrogens is 1. The van der Waals surface area contributed by atoms with Crippen molar-refractivity contribution >= 4 is 27.5 Å². The van der Waals surface area contributed by atoms with E-state index in [1.165, 1.54) is 12.1 Å². The number of nitrogens with zero attached hydrogens (tertiary/aromatic N) is 1. The smallest absolute Gasteiger partial charge is 0.464 e. The SMILES string of the molecule is COC(=O)c1nc(-c2ccc(F)cc2)c(S(=O)(=O)CCOC(=O)C(F)(F)F)cc1N. The Kier molecular flexibility index (Phi) is 6.65. The van der Waals surface area contributed by atoms with Crippen molar-refractivity contribution in [3.05, 3.63) is 41.8 Å². The maximum absolute atomic E-state index is 13.2. The van der Waals surface area contributed by atoms with E-state index in [-0.39, 0.29) is 16.9 Å². The molecule has 1 aromatic heterocycles. The summed E-state index contributed by atoms with van der Waals surface area (Å²) in [6, 6.07) is 5.24. The summed E-state index contributed by atoms with van der Waals surface area (Å²) < 4.78 is 83.6. The van der Waals surface area contributed by atoms with E-state index in [4.69, 9.17) is 5.73 Å². The number of esters is 2. The van der Waals surface area contributed by atoms with Gasteiger partial charge in [0.1, 0.15) is 12.4 Å². The van der Waals surface area contributed by atoms with Crippen LogP contribution in [0.4, 0.5) is 23.2 Å². The summed E-state index contributed by atoms with van der Waals surface area (Å²) in [6.07, 6.45) is -5.28. The Morgan fingerprint density at radius 3 is 2.30 bits per heavy atom. The summed E-state index contributed by atoms with van der Waals surface area (Å²) in [4.78, 5) is 25.9. The fourth-order valence-corrected chi connectivity index (χ4v) is 3.54. The number of alkyl halides is 3. The molecule has 0 amide bonds. The second-order valence-corrected chi connectivity index (χ2v) is 7.80. The van der Waals surface area contributed by atoms with Gasteiger partial charge in [-0.25, -0.2) is 27.4 Å². The van der Waals surface area contributed by atoms with E-state index in [2.05, 4.69) is 14.5 Å². The van der Waals surface area contributed by atoms with Crippen molar-refractivity contribution in [2.24, 2.45) is 0 Å². The zero-order valence-electron chi connectivity index (χ0n) is 15.2. The Balaban J connectivity index is 2.49. The first-order chi connectivity index (χ1) is 13.9. The third-order valence-corrected chi connectivity index (χ3v) is 5.35. The van der Waals surface area contributed by atoms with Crippen molar-refractivity contribution in [1.82, 2.24) is 4.98 Å². The summed E-state index contributed by atoms with van der Waals surface area (Å²) >= 11 is 0. The lowest BCUT2D eigenvalue weighted by atomic mass is 10.1. The number of anilines is 1. The molecule has 0 spiro atoms. The van der Waals surface area contributed by atoms with E-state index in [0.717, 1.165) is 25.3 Å². The van der Waals surface area contributed by atoms with Gasteiger partial charge < -0.3 is 15.2 Å². The fraction of sp³-hybridized carbons (Fsp3) is 0.235. The molecular weight excluding hydrogens is 436 g/mol. The van der Waals surface area contributed by atoms with Crippen LogP contribution < -0.4 is 5.73 Å². The van der Waals surface area contributed by atoms with Crippen LogP contribution in [0, 0.1) is 5.82 Å². The van der Waals surface area contributed by atoms with Gasteiger partial charge in [0.2, 0.25) is 0 Å². The molecule has 2 aromatic rings. The average Bonchev–Trinajstić information content (AvgIpc) is 2.67. The highest BCUT2D eigenvalue weighted by atomic mass is 32.2. The number of carbonyl (C=O) groups excluding carboxylic acids is 2. The minimum atomic E-state index is -5.28. The molecule has 13 heteroatoms. The number of pyridine rings is 1. The van der Waals surface area contributed by atoms with Gasteiger partial charge in [0.15, 0.2) is 15.5 Å². The van der Waals surface area contributed by atoms with E-state index in [9.17, 15) is 35.6 Å². The Bertz CT molecular complexity index is 1070. The van der Waals surface area contributed by atoms with Crippen molar-refractivity contribution in [1.29, 1.82) is 0 Å². The van der Waals surface area contributed by atoms with Crippen molar-refractivity contribution in [2.45, 2.75) is 11.1 Å². The van der Waals surface area contributed by atoms with Gasteiger partial charge in [-0.1, -0.05) is 0 Å². The molecule has 0 bridgehead atoms. The standard InChI is InChI=1S/C17H14F4N2O6S/c1-28-15(24)14-11(22)8-12(13(23-14)9-2-4-10(18)5-3-9)30(26,27)7-6-29-16(25)17(19,20)21/h2-5,8H,6-7,22H2,1H3. The Morgan fingerprint density at radius 1 is 1.17 bits per heavy atom. The number of carbonyl (C=O) groups is 2. The lowest BCUT2D eigenvalue weighted by molar-refractivity contribution is -0.199. The van der Waals surface area contributed by atoms with E-state index < -0.39 is 56.7 Å². The van der Waals surface area contributed by atoms with Gasteiger partial charge in [0.25, 0.3) is 0 Å². The van der Waals surface area contributed by atoms with Gasteiger partial charge in [-0.3, -0.25) is 0 Å². The molecule has 0 aliphatic carbocycles. The topological polar surface area (TPSA) is 126 Å². The third-order valence-electron chi connectivity index (χ3n) is 3.67. The molecule has 8 nitrogen and oxygen atoms in total. The summed E-state index contributed by atoms with van der Waals surface area (Å²) in [5, 5.41) is 0. The second kappa shape index (κ2) is 8.65. The number of benzene rings is 1. The normalized spacial score (nSPS) is 11.8. The molecule has 2 N–H and O–H groups in total. The predicted octanol–water partition coefficient (Wildman–Crippen LogP) is 2.14. The lowest BCUT2D eigenvalue weighted by Gasteiger charge is -2.14. The summed E-state index contributed by atoms with van der Waals surface area (Å²) in [6.45, 7) is -1.10. The summed E-state index contributed by atoms with van der Waals surface area (Å²) in [5.74, 6) is -5.18. The molecule has 2 rings (SSSR count). The van der Waals surface area contributed by atoms with Crippen molar-refractivity contribution in [3.8, 4) is 11.3 Å². The number of ether oxygens (including phenoxy) is 2. The highest BCUT2D eigenvalue weighted by Crippen LogP contribution is 2.30. The first-order valence-corrected chi connectivity index (χ1v) is 9.63. The molecular formula is C17H14F4N2O6S. The number of nitrogens with two attached hydrogens (primary N) is 1. The minimum Gasteiger partial charge on any atom is -0.464 e. The number of rotatable bonds is 6. The minimum absolute atomic E-state index is 0.0763. The summed E-state index contributed by atoms with van der Waals surface area (Å²) in [7, 11) is -3.35. The van der Waals surface area contributed by atoms with Crippen molar-refractivity contribution in [2.75, 3.05) is 25.2 Å². The van der Waals surface area contributed by atoms with Crippen LogP contribution in [-0.2, 0) is 24.1 Å². The van der Waals surface area contributed by atoms with Crippen LogP contribution in [0.5, 0.6) is 0 Å². The van der Waals surface area contributed by atoms with Crippen molar-refractivity contribution < 1.29 is 45.0 Å². The van der Waals surface area contributed by atoms with E-state index in [1.807, 2.05) is 0 Å². The molecule has 0 atom stereocenters. The third kappa shape index (κ3) is 5.23. The number of methoxy groups -OCH3 is 1. The van der Waals surface area contributed by atoms with Crippen LogP contribution >= 0.6 is 0 Å². The molecule has 162 valence electrons. The molecule has 0 aliphatic rings. The summed E-state index contributed by atoms with van der Waals surface area (Å²) in [5.41, 5.74) is 4.65. The molecule has 0 saturated carbocycles. The van der Waals surface area contributed by atoms with Crippen LogP contribution in [0.15, 0.2) is 35.2 Å². The lowest BCUT2D eigenvalue weighted by Crippen LogP contribution is -2.27. The maximum Gasteiger partial charge on any atom is 0.490 e. The maximum atomic E-state index is 13.2. The number of hydrogen-bond donors (Lipinski definition) is 1. The molecule has 0 fully saturated rings. The van der Waals surface area contributed by atoms with Gasteiger partial charge in [0, 0.05) is 5.56 Å². The fourth-order valence-electron chi connectivity index (χ4n) is 2.26. The predicted molar refractivity (Wildman–Crippen MR) is 94.4 cm³/mol. The highest BCUT2D eigenvalue weighted by molar-refractivity contribution is 7.91. The number of sulfone groups is 1. The van der Waals surface area contributed by atoms with Crippen LogP contribution in [-0.4, -0.2) is 51.0 Å². The Morgan fingerprint density at radius 2 is 1.77 bits per heavy atom. The number of nitrogen functional groups attached to an aromatic ring is 1. The van der Waals surface area contributed by atoms with Gasteiger partial charge in [-0.05, 0) is 30.3 Å². The van der Waals surface area contributed by atoms with Crippen LogP contribution in [0.2, 0.25) is 0 Å². The molecule has 0 aliphatic heterocycles. The molecule has 1 heterocycles. The monoisotopic (exact) mass is 450 g/mol. The van der Waals surface area contributed by atoms with E-state index >= 15 is 0 Å². The molecule has 0 unspecified atom stereocenters. The Labute approximate surface area is 167 Å². The van der Waals surface area contributed by atoms with Crippen LogP contribution in [0.25, 0.3) is 11.3 Å². The van der Waals surface area contributed by atoms with Gasteiger partial charge in [-0.15, -0.1) is 0 Å². The van der Waals surface area contributed by atoms with E-state index in [1.54, 1.807) is 0 Å². The first kappa shape index (κ1) is 23.1. The van der Waals surface area contributed by atoms with Crippen LogP contribution in [0.3, 0.4) is 0 Å². The van der Waals surface area contributed by atoms with Gasteiger partial charge in [0.05, 0.1) is 29.1 Å². The molecule has 30 heavy (non-hydrogen) atoms. The number of hydrogen-bond acceptors (Lipinski definition) is 8. The van der Waals surface area contributed by atoms with Crippen molar-refractivity contribution in [3.63, 3.8) is 0 Å². The molecule has 0 saturated heterocycles. The molecule has 0 radical (unpaired) electrons. The second-order valence-electron chi connectivity index (χ2n) is 5.72. The van der Waals surface area contributed by atoms with E-state index in [0.29, 0.717) is 0 Å². The average molecular weight is 450 g/mol. The highest BCUT2D eigenvalue weighted by Gasteiger charge is 2.41. The Hall–Kier alpha value is -3.22.